The van der Waals surface area contributed by atoms with E-state index in [-0.39, 0.29) is 11.5 Å². The molecular formula is C16H22N2O3. The Hall–Kier alpha value is -1.91. The minimum atomic E-state index is -0.458. The summed E-state index contributed by atoms with van der Waals surface area (Å²) < 4.78 is 0. The number of piperidine rings is 1. The number of nitrogens with zero attached hydrogens (tertiary/aromatic N) is 2. The highest BCUT2D eigenvalue weighted by Crippen LogP contribution is 2.37. The number of carbonyl (C=O) groups excluding carboxylic acids is 1. The number of ketones is 1. The molecule has 0 aromatic heterocycles. The summed E-state index contributed by atoms with van der Waals surface area (Å²) in [5, 5.41) is 10.9. The lowest BCUT2D eigenvalue weighted by atomic mass is 9.78. The average Bonchev–Trinajstić information content (AvgIpc) is 2.47. The summed E-state index contributed by atoms with van der Waals surface area (Å²) in [7, 11) is 0. The first-order valence-electron chi connectivity index (χ1n) is 7.40. The van der Waals surface area contributed by atoms with E-state index in [1.165, 1.54) is 19.1 Å². The molecule has 0 radical (unpaired) electrons. The minimum Gasteiger partial charge on any atom is -0.371 e. The van der Waals surface area contributed by atoms with E-state index in [0.29, 0.717) is 11.0 Å². The summed E-state index contributed by atoms with van der Waals surface area (Å²) in [6, 6.07) is 4.59. The zero-order chi connectivity index (χ0) is 15.6. The Bertz CT molecular complexity index is 561. The molecule has 0 aliphatic carbocycles. The van der Waals surface area contributed by atoms with Gasteiger partial charge in [-0.1, -0.05) is 20.3 Å². The third-order valence-electron chi connectivity index (χ3n) is 4.74. The fraction of sp³-hybridized carbons (Fsp3) is 0.562. The molecule has 5 heteroatoms. The summed E-state index contributed by atoms with van der Waals surface area (Å²) in [5.41, 5.74) is 1.61. The SMILES string of the molecule is CCC1(C)CCN(c2ccc([N+](=O)[O-])cc2C(C)=O)CC1. The summed E-state index contributed by atoms with van der Waals surface area (Å²) in [5.74, 6) is -0.127. The fourth-order valence-corrected chi connectivity index (χ4v) is 2.84. The van der Waals surface area contributed by atoms with E-state index in [2.05, 4.69) is 18.7 Å². The van der Waals surface area contributed by atoms with Crippen molar-refractivity contribution in [1.82, 2.24) is 0 Å². The van der Waals surface area contributed by atoms with Crippen molar-refractivity contribution in [1.29, 1.82) is 0 Å². The molecule has 0 spiro atoms. The van der Waals surface area contributed by atoms with Crippen LogP contribution >= 0.6 is 0 Å². The van der Waals surface area contributed by atoms with E-state index in [1.807, 2.05) is 0 Å². The van der Waals surface area contributed by atoms with Crippen LogP contribution in [0.2, 0.25) is 0 Å². The van der Waals surface area contributed by atoms with Gasteiger partial charge < -0.3 is 4.90 Å². The molecule has 1 saturated heterocycles. The van der Waals surface area contributed by atoms with Crippen molar-refractivity contribution >= 4 is 17.2 Å². The van der Waals surface area contributed by atoms with Crippen LogP contribution in [0.15, 0.2) is 18.2 Å². The predicted octanol–water partition coefficient (Wildman–Crippen LogP) is 3.81. The van der Waals surface area contributed by atoms with E-state index >= 15 is 0 Å². The molecule has 1 aliphatic rings. The van der Waals surface area contributed by atoms with Crippen molar-refractivity contribution in [3.63, 3.8) is 0 Å². The third-order valence-corrected chi connectivity index (χ3v) is 4.74. The monoisotopic (exact) mass is 290 g/mol. The maximum atomic E-state index is 11.8. The highest BCUT2D eigenvalue weighted by molar-refractivity contribution is 6.00. The first-order chi connectivity index (χ1) is 9.86. The van der Waals surface area contributed by atoms with E-state index in [0.717, 1.165) is 38.0 Å². The van der Waals surface area contributed by atoms with Crippen LogP contribution in [0.3, 0.4) is 0 Å². The van der Waals surface area contributed by atoms with Crippen LogP contribution in [0.4, 0.5) is 11.4 Å². The molecule has 0 N–H and O–H groups in total. The highest BCUT2D eigenvalue weighted by atomic mass is 16.6. The van der Waals surface area contributed by atoms with Crippen molar-refractivity contribution in [2.75, 3.05) is 18.0 Å². The van der Waals surface area contributed by atoms with Crippen LogP contribution in [0.1, 0.15) is 50.4 Å². The van der Waals surface area contributed by atoms with Gasteiger partial charge >= 0.3 is 0 Å². The molecule has 1 aromatic carbocycles. The molecule has 21 heavy (non-hydrogen) atoms. The van der Waals surface area contributed by atoms with E-state index in [9.17, 15) is 14.9 Å². The van der Waals surface area contributed by atoms with Crippen LogP contribution in [0.25, 0.3) is 0 Å². The Morgan fingerprint density at radius 2 is 2.00 bits per heavy atom. The van der Waals surface area contributed by atoms with Gasteiger partial charge in [0.15, 0.2) is 5.78 Å². The van der Waals surface area contributed by atoms with Crippen molar-refractivity contribution in [2.24, 2.45) is 5.41 Å². The average molecular weight is 290 g/mol. The Morgan fingerprint density at radius 1 is 1.38 bits per heavy atom. The molecule has 114 valence electrons. The van der Waals surface area contributed by atoms with Gasteiger partial charge in [0.05, 0.1) is 4.92 Å². The van der Waals surface area contributed by atoms with Crippen LogP contribution in [0.5, 0.6) is 0 Å². The molecule has 0 unspecified atom stereocenters. The number of hydrogen-bond donors (Lipinski definition) is 0. The number of Topliss-reactive ketones (excluding diaryl/α,β-unsaturated/α-hetero) is 1. The Kier molecular flexibility index (Phi) is 4.30. The summed E-state index contributed by atoms with van der Waals surface area (Å²) in [6.07, 6.45) is 3.32. The summed E-state index contributed by atoms with van der Waals surface area (Å²) in [6.45, 7) is 7.75. The molecule has 5 nitrogen and oxygen atoms in total. The minimum absolute atomic E-state index is 0.0284. The third kappa shape index (κ3) is 3.23. The van der Waals surface area contributed by atoms with Crippen molar-refractivity contribution < 1.29 is 9.72 Å². The van der Waals surface area contributed by atoms with E-state index in [4.69, 9.17) is 0 Å². The molecule has 2 rings (SSSR count). The molecule has 1 aromatic rings. The molecule has 1 heterocycles. The maximum Gasteiger partial charge on any atom is 0.270 e. The topological polar surface area (TPSA) is 63.4 Å². The maximum absolute atomic E-state index is 11.8. The summed E-state index contributed by atoms with van der Waals surface area (Å²) >= 11 is 0. The first-order valence-corrected chi connectivity index (χ1v) is 7.40. The zero-order valence-corrected chi connectivity index (χ0v) is 12.9. The van der Waals surface area contributed by atoms with E-state index < -0.39 is 4.92 Å². The lowest BCUT2D eigenvalue weighted by Gasteiger charge is -2.40. The number of benzene rings is 1. The Morgan fingerprint density at radius 3 is 2.48 bits per heavy atom. The number of anilines is 1. The molecule has 0 bridgehead atoms. The van der Waals surface area contributed by atoms with Crippen LogP contribution in [0, 0.1) is 15.5 Å². The number of nitro benzene ring substituents is 1. The number of rotatable bonds is 4. The number of nitro groups is 1. The lowest BCUT2D eigenvalue weighted by Crippen LogP contribution is -2.39. The van der Waals surface area contributed by atoms with Gasteiger partial charge in [-0.15, -0.1) is 0 Å². The number of carbonyl (C=O) groups is 1. The van der Waals surface area contributed by atoms with Crippen molar-refractivity contribution in [2.45, 2.75) is 40.0 Å². The van der Waals surface area contributed by atoms with Crippen LogP contribution in [-0.4, -0.2) is 23.8 Å². The second-order valence-corrected chi connectivity index (χ2v) is 6.17. The fourth-order valence-electron chi connectivity index (χ4n) is 2.84. The molecular weight excluding hydrogens is 268 g/mol. The number of hydrogen-bond acceptors (Lipinski definition) is 4. The van der Waals surface area contributed by atoms with Gasteiger partial charge in [0.1, 0.15) is 0 Å². The van der Waals surface area contributed by atoms with Gasteiger partial charge in [-0.25, -0.2) is 0 Å². The van der Waals surface area contributed by atoms with Gasteiger partial charge in [-0.05, 0) is 31.2 Å². The van der Waals surface area contributed by atoms with Gasteiger partial charge in [0.25, 0.3) is 5.69 Å². The van der Waals surface area contributed by atoms with E-state index in [1.54, 1.807) is 6.07 Å². The molecule has 0 atom stereocenters. The summed E-state index contributed by atoms with van der Waals surface area (Å²) in [4.78, 5) is 24.4. The van der Waals surface area contributed by atoms with Gasteiger partial charge in [-0.3, -0.25) is 14.9 Å². The first kappa shape index (κ1) is 15.5. The smallest absolute Gasteiger partial charge is 0.270 e. The molecule has 1 aliphatic heterocycles. The highest BCUT2D eigenvalue weighted by Gasteiger charge is 2.29. The Labute approximate surface area is 125 Å². The van der Waals surface area contributed by atoms with Crippen molar-refractivity contribution in [3.8, 4) is 0 Å². The standard InChI is InChI=1S/C16H22N2O3/c1-4-16(3)7-9-17(10-8-16)15-6-5-13(18(20)21)11-14(15)12(2)19/h5-6,11H,4,7-10H2,1-3H3. The normalized spacial score (nSPS) is 17.6. The second-order valence-electron chi connectivity index (χ2n) is 6.17. The molecule has 0 amide bonds. The van der Waals surface area contributed by atoms with Crippen LogP contribution < -0.4 is 4.90 Å². The van der Waals surface area contributed by atoms with Gasteiger partial charge in [0, 0.05) is 36.5 Å². The molecule has 1 fully saturated rings. The number of non-ortho nitro benzene ring substituents is 1. The predicted molar refractivity (Wildman–Crippen MR) is 82.9 cm³/mol. The van der Waals surface area contributed by atoms with Gasteiger partial charge in [0.2, 0.25) is 0 Å². The van der Waals surface area contributed by atoms with Crippen molar-refractivity contribution in [3.05, 3.63) is 33.9 Å². The van der Waals surface area contributed by atoms with Gasteiger partial charge in [-0.2, -0.15) is 0 Å². The second kappa shape index (κ2) is 5.84. The molecule has 0 saturated carbocycles. The lowest BCUT2D eigenvalue weighted by molar-refractivity contribution is -0.384. The quantitative estimate of drug-likeness (QED) is 0.480. The van der Waals surface area contributed by atoms with Crippen LogP contribution in [-0.2, 0) is 0 Å². The zero-order valence-electron chi connectivity index (χ0n) is 12.9. The Balaban J connectivity index is 2.28. The largest absolute Gasteiger partial charge is 0.371 e.